The number of carbonyl (C=O) groups is 1. The van der Waals surface area contributed by atoms with Crippen LogP contribution in [0.15, 0.2) is 0 Å². The van der Waals surface area contributed by atoms with E-state index in [1.54, 1.807) is 0 Å². The van der Waals surface area contributed by atoms with E-state index in [0.717, 1.165) is 43.4 Å². The summed E-state index contributed by atoms with van der Waals surface area (Å²) in [7, 11) is 0. The molecule has 1 amide bonds. The molecule has 0 aromatic rings. The number of amides is 1. The average Bonchev–Trinajstić information content (AvgIpc) is 2.84. The van der Waals surface area contributed by atoms with Gasteiger partial charge in [-0.3, -0.25) is 4.79 Å². The lowest BCUT2D eigenvalue weighted by Crippen LogP contribution is -2.54. The van der Waals surface area contributed by atoms with Crippen LogP contribution < -0.4 is 5.32 Å². The molecule has 1 N–H and O–H groups in total. The second-order valence-corrected chi connectivity index (χ2v) is 8.03. The Hall–Kier alpha value is -0.610. The fourth-order valence-corrected chi connectivity index (χ4v) is 5.68. The molecule has 4 aliphatic carbocycles. The van der Waals surface area contributed by atoms with Crippen molar-refractivity contribution in [2.45, 2.75) is 57.7 Å². The van der Waals surface area contributed by atoms with Crippen LogP contribution in [0.3, 0.4) is 0 Å². The minimum atomic E-state index is -0.491. The first-order valence-corrected chi connectivity index (χ1v) is 8.63. The van der Waals surface area contributed by atoms with Crippen molar-refractivity contribution in [3.05, 3.63) is 0 Å². The molecule has 4 nitrogen and oxygen atoms in total. The van der Waals surface area contributed by atoms with E-state index in [9.17, 15) is 4.79 Å². The number of rotatable bonds is 4. The van der Waals surface area contributed by atoms with Crippen LogP contribution in [0.5, 0.6) is 0 Å². The van der Waals surface area contributed by atoms with Crippen molar-refractivity contribution < 1.29 is 14.3 Å². The van der Waals surface area contributed by atoms with E-state index in [0.29, 0.717) is 25.7 Å². The van der Waals surface area contributed by atoms with Crippen molar-refractivity contribution >= 4 is 5.91 Å². The van der Waals surface area contributed by atoms with E-state index >= 15 is 0 Å². The summed E-state index contributed by atoms with van der Waals surface area (Å²) in [5.41, 5.74) is -0.0347. The van der Waals surface area contributed by atoms with Gasteiger partial charge in [-0.1, -0.05) is 0 Å². The summed E-state index contributed by atoms with van der Waals surface area (Å²) in [4.78, 5) is 12.8. The van der Waals surface area contributed by atoms with Crippen molar-refractivity contribution in [1.29, 1.82) is 0 Å². The highest BCUT2D eigenvalue weighted by molar-refractivity contribution is 5.83. The summed E-state index contributed by atoms with van der Waals surface area (Å²) < 4.78 is 11.2. The van der Waals surface area contributed by atoms with Gasteiger partial charge >= 0.3 is 0 Å². The Morgan fingerprint density at radius 1 is 1.05 bits per heavy atom. The van der Waals surface area contributed by atoms with Gasteiger partial charge in [-0.05, 0) is 63.2 Å². The highest BCUT2D eigenvalue weighted by atomic mass is 16.7. The van der Waals surface area contributed by atoms with Gasteiger partial charge in [-0.15, -0.1) is 0 Å². The van der Waals surface area contributed by atoms with E-state index in [4.69, 9.17) is 9.47 Å². The third kappa shape index (κ3) is 2.50. The predicted molar refractivity (Wildman–Crippen MR) is 78.5 cm³/mol. The van der Waals surface area contributed by atoms with Crippen LogP contribution >= 0.6 is 0 Å². The predicted octanol–water partition coefficient (Wildman–Crippen LogP) is 2.47. The third-order valence-corrected chi connectivity index (χ3v) is 6.28. The molecule has 1 aliphatic heterocycles. The van der Waals surface area contributed by atoms with E-state index in [1.165, 1.54) is 19.3 Å². The Kier molecular flexibility index (Phi) is 3.30. The topological polar surface area (TPSA) is 47.6 Å². The standard InChI is InChI=1S/C17H27NO3/c1-16(20-4-5-21-16)2-3-18-15(19)17-9-12-6-13(10-17)8-14(7-12)11-17/h12-14H,2-11H2,1H3,(H,18,19). The van der Waals surface area contributed by atoms with Gasteiger partial charge in [0, 0.05) is 18.4 Å². The molecule has 0 aromatic heterocycles. The molecule has 5 rings (SSSR count). The monoisotopic (exact) mass is 293 g/mol. The summed E-state index contributed by atoms with van der Waals surface area (Å²) in [6, 6.07) is 0. The molecule has 4 heteroatoms. The van der Waals surface area contributed by atoms with Gasteiger partial charge in [-0.25, -0.2) is 0 Å². The molecule has 0 atom stereocenters. The van der Waals surface area contributed by atoms with Crippen LogP contribution in [-0.2, 0) is 14.3 Å². The number of carbonyl (C=O) groups excluding carboxylic acids is 1. The zero-order chi connectivity index (χ0) is 14.5. The van der Waals surface area contributed by atoms with Gasteiger partial charge < -0.3 is 14.8 Å². The first-order chi connectivity index (χ1) is 10.1. The van der Waals surface area contributed by atoms with Crippen molar-refractivity contribution in [2.24, 2.45) is 23.2 Å². The van der Waals surface area contributed by atoms with Gasteiger partial charge in [0.25, 0.3) is 0 Å². The Bertz CT molecular complexity index is 392. The van der Waals surface area contributed by atoms with Crippen LogP contribution in [0.2, 0.25) is 0 Å². The quantitative estimate of drug-likeness (QED) is 0.866. The average molecular weight is 293 g/mol. The molecule has 21 heavy (non-hydrogen) atoms. The van der Waals surface area contributed by atoms with E-state index < -0.39 is 5.79 Å². The number of hydrogen-bond acceptors (Lipinski definition) is 3. The molecule has 118 valence electrons. The fraction of sp³-hybridized carbons (Fsp3) is 0.941. The van der Waals surface area contributed by atoms with Gasteiger partial charge in [0.05, 0.1) is 13.2 Å². The van der Waals surface area contributed by atoms with Gasteiger partial charge in [0.15, 0.2) is 5.79 Å². The first kappa shape index (κ1) is 14.0. The van der Waals surface area contributed by atoms with Gasteiger partial charge in [0.2, 0.25) is 5.91 Å². The van der Waals surface area contributed by atoms with Gasteiger partial charge in [0.1, 0.15) is 0 Å². The third-order valence-electron chi connectivity index (χ3n) is 6.28. The second kappa shape index (κ2) is 4.95. The van der Waals surface area contributed by atoms with Crippen LogP contribution in [-0.4, -0.2) is 31.5 Å². The van der Waals surface area contributed by atoms with Gasteiger partial charge in [-0.2, -0.15) is 0 Å². The van der Waals surface area contributed by atoms with Crippen molar-refractivity contribution in [3.63, 3.8) is 0 Å². The molecule has 5 aliphatic rings. The number of hydrogen-bond donors (Lipinski definition) is 1. The number of ether oxygens (including phenoxy) is 2. The van der Waals surface area contributed by atoms with E-state index in [1.807, 2.05) is 6.92 Å². The molecule has 4 saturated carbocycles. The largest absolute Gasteiger partial charge is 0.355 e. The molecule has 0 radical (unpaired) electrons. The minimum absolute atomic E-state index is 0.0347. The lowest BCUT2D eigenvalue weighted by atomic mass is 9.49. The minimum Gasteiger partial charge on any atom is -0.355 e. The van der Waals surface area contributed by atoms with Crippen LogP contribution in [0.4, 0.5) is 0 Å². The summed E-state index contributed by atoms with van der Waals surface area (Å²) >= 11 is 0. The lowest BCUT2D eigenvalue weighted by Gasteiger charge is -2.55. The Morgan fingerprint density at radius 2 is 1.57 bits per heavy atom. The molecule has 0 unspecified atom stereocenters. The summed E-state index contributed by atoms with van der Waals surface area (Å²) in [5, 5.41) is 3.19. The molecule has 0 spiro atoms. The maximum Gasteiger partial charge on any atom is 0.226 e. The van der Waals surface area contributed by atoms with Crippen LogP contribution in [0, 0.1) is 23.2 Å². The molecule has 1 heterocycles. The van der Waals surface area contributed by atoms with E-state index in [2.05, 4.69) is 5.32 Å². The normalized spacial score (nSPS) is 43.2. The van der Waals surface area contributed by atoms with Crippen molar-refractivity contribution in [3.8, 4) is 0 Å². The molecule has 4 bridgehead atoms. The van der Waals surface area contributed by atoms with E-state index in [-0.39, 0.29) is 5.41 Å². The summed E-state index contributed by atoms with van der Waals surface area (Å²) in [6.07, 6.45) is 8.29. The summed E-state index contributed by atoms with van der Waals surface area (Å²) in [6.45, 7) is 3.97. The Balaban J connectivity index is 1.34. The zero-order valence-electron chi connectivity index (χ0n) is 13.0. The summed E-state index contributed by atoms with van der Waals surface area (Å²) in [5.74, 6) is 2.28. The molecule has 5 fully saturated rings. The molecule has 1 saturated heterocycles. The Labute approximate surface area is 126 Å². The van der Waals surface area contributed by atoms with Crippen molar-refractivity contribution in [2.75, 3.05) is 19.8 Å². The lowest BCUT2D eigenvalue weighted by molar-refractivity contribution is -0.152. The zero-order valence-corrected chi connectivity index (χ0v) is 13.0. The highest BCUT2D eigenvalue weighted by Gasteiger charge is 2.54. The highest BCUT2D eigenvalue weighted by Crippen LogP contribution is 2.60. The SMILES string of the molecule is CC1(CCNC(=O)C23CC4CC(CC(C4)C2)C3)OCCO1. The molecule has 0 aromatic carbocycles. The molecular formula is C17H27NO3. The Morgan fingerprint density at radius 3 is 2.10 bits per heavy atom. The number of nitrogens with one attached hydrogen (secondary N) is 1. The maximum atomic E-state index is 12.8. The second-order valence-electron chi connectivity index (χ2n) is 8.03. The smallest absolute Gasteiger partial charge is 0.226 e. The first-order valence-electron chi connectivity index (χ1n) is 8.63. The molecular weight excluding hydrogens is 266 g/mol. The fourth-order valence-electron chi connectivity index (χ4n) is 5.68. The van der Waals surface area contributed by atoms with Crippen LogP contribution in [0.25, 0.3) is 0 Å². The maximum absolute atomic E-state index is 12.8. The van der Waals surface area contributed by atoms with Crippen molar-refractivity contribution in [1.82, 2.24) is 5.32 Å². The van der Waals surface area contributed by atoms with Crippen LogP contribution in [0.1, 0.15) is 51.9 Å².